The maximum atomic E-state index is 14.0. The van der Waals surface area contributed by atoms with Crippen molar-refractivity contribution in [2.75, 3.05) is 7.11 Å². The Kier molecular flexibility index (Phi) is 5.28. The number of Topliss-reactive ketones (excluding diaryl/α,β-unsaturated/α-hetero) is 1. The molecule has 0 N–H and O–H groups in total. The zero-order chi connectivity index (χ0) is 17.7. The van der Waals surface area contributed by atoms with Crippen LogP contribution in [0, 0.1) is 6.92 Å². The van der Waals surface area contributed by atoms with Crippen LogP contribution in [0.4, 0.5) is 8.78 Å². The number of hydrogen-bond acceptors (Lipinski definition) is 4. The fourth-order valence-corrected chi connectivity index (χ4v) is 2.02. The third-order valence-corrected chi connectivity index (χ3v) is 3.51. The molecule has 6 heteroatoms. The van der Waals surface area contributed by atoms with Gasteiger partial charge in [-0.25, -0.2) is 4.79 Å². The van der Waals surface area contributed by atoms with E-state index in [4.69, 9.17) is 4.74 Å². The summed E-state index contributed by atoms with van der Waals surface area (Å²) >= 11 is 0. The molecular formula is C18H16F2O4. The number of benzene rings is 2. The summed E-state index contributed by atoms with van der Waals surface area (Å²) < 4.78 is 37.6. The number of rotatable bonds is 6. The molecule has 4 nitrogen and oxygen atoms in total. The molecule has 0 aliphatic carbocycles. The Morgan fingerprint density at radius 3 is 2.25 bits per heavy atom. The van der Waals surface area contributed by atoms with Crippen molar-refractivity contribution >= 4 is 11.8 Å². The first-order chi connectivity index (χ1) is 11.4. The molecule has 0 aromatic heterocycles. The van der Waals surface area contributed by atoms with Crippen LogP contribution in [0.25, 0.3) is 0 Å². The van der Waals surface area contributed by atoms with E-state index >= 15 is 0 Å². The Balaban J connectivity index is 2.08. The summed E-state index contributed by atoms with van der Waals surface area (Å²) in [6, 6.07) is 12.0. The van der Waals surface area contributed by atoms with Crippen LogP contribution in [0.3, 0.4) is 0 Å². The number of alkyl halides is 2. The topological polar surface area (TPSA) is 52.6 Å². The molecule has 0 amide bonds. The van der Waals surface area contributed by atoms with Gasteiger partial charge in [-0.1, -0.05) is 24.3 Å². The zero-order valence-electron chi connectivity index (χ0n) is 13.2. The van der Waals surface area contributed by atoms with Gasteiger partial charge in [0.15, 0.2) is 0 Å². The van der Waals surface area contributed by atoms with Crippen molar-refractivity contribution in [2.45, 2.75) is 19.5 Å². The number of carbonyl (C=O) groups excluding carboxylic acids is 2. The number of carbonyl (C=O) groups is 2. The van der Waals surface area contributed by atoms with Crippen molar-refractivity contribution in [3.05, 3.63) is 65.2 Å². The third-order valence-electron chi connectivity index (χ3n) is 3.51. The molecule has 0 unspecified atom stereocenters. The van der Waals surface area contributed by atoms with Gasteiger partial charge in [-0.05, 0) is 42.3 Å². The summed E-state index contributed by atoms with van der Waals surface area (Å²) in [6.07, 6.45) is 0. The fraction of sp³-hybridized carbons (Fsp3) is 0.222. The molecular weight excluding hydrogens is 318 g/mol. The Labute approximate surface area is 138 Å². The van der Waals surface area contributed by atoms with Gasteiger partial charge in [0.05, 0.1) is 7.11 Å². The summed E-state index contributed by atoms with van der Waals surface area (Å²) in [5.41, 5.74) is 1.10. The number of ether oxygens (including phenoxy) is 2. The minimum atomic E-state index is -4.25. The normalized spacial score (nSPS) is 11.0. The van der Waals surface area contributed by atoms with Crippen molar-refractivity contribution in [2.24, 2.45) is 0 Å². The van der Waals surface area contributed by atoms with Gasteiger partial charge in [0.2, 0.25) is 5.78 Å². The maximum Gasteiger partial charge on any atom is 0.404 e. The zero-order valence-corrected chi connectivity index (χ0v) is 13.2. The van der Waals surface area contributed by atoms with Gasteiger partial charge in [0.25, 0.3) is 0 Å². The quantitative estimate of drug-likeness (QED) is 0.460. The number of hydrogen-bond donors (Lipinski definition) is 0. The standard InChI is InChI=1S/C18H16F2O4/c1-12-5-3-4-6-14(12)11-24-17(22)18(19,20)16(21)13-7-9-15(23-2)10-8-13/h3-10H,11H2,1-2H3. The lowest BCUT2D eigenvalue weighted by Crippen LogP contribution is -2.39. The van der Waals surface area contributed by atoms with Crippen molar-refractivity contribution in [1.29, 1.82) is 0 Å². The molecule has 126 valence electrons. The first-order valence-corrected chi connectivity index (χ1v) is 7.14. The van der Waals surface area contributed by atoms with Gasteiger partial charge >= 0.3 is 11.9 Å². The van der Waals surface area contributed by atoms with E-state index in [9.17, 15) is 18.4 Å². The largest absolute Gasteiger partial charge is 0.497 e. The van der Waals surface area contributed by atoms with Crippen LogP contribution >= 0.6 is 0 Å². The number of aryl methyl sites for hydroxylation is 1. The van der Waals surface area contributed by atoms with Crippen LogP contribution in [0.2, 0.25) is 0 Å². The second-order valence-electron chi connectivity index (χ2n) is 5.13. The monoisotopic (exact) mass is 334 g/mol. The van der Waals surface area contributed by atoms with Crippen LogP contribution in [-0.4, -0.2) is 24.8 Å². The third kappa shape index (κ3) is 3.76. The molecule has 2 aromatic rings. The lowest BCUT2D eigenvalue weighted by Gasteiger charge is -2.15. The number of esters is 1. The number of methoxy groups -OCH3 is 1. The first kappa shape index (κ1) is 17.6. The summed E-state index contributed by atoms with van der Waals surface area (Å²) in [5, 5.41) is 0. The molecule has 24 heavy (non-hydrogen) atoms. The van der Waals surface area contributed by atoms with Gasteiger partial charge in [-0.15, -0.1) is 0 Å². The molecule has 0 aliphatic heterocycles. The molecule has 0 fully saturated rings. The molecule has 2 aromatic carbocycles. The minimum absolute atomic E-state index is 0.298. The maximum absolute atomic E-state index is 14.0. The molecule has 0 aliphatic rings. The van der Waals surface area contributed by atoms with E-state index in [0.717, 1.165) is 5.56 Å². The summed E-state index contributed by atoms with van der Waals surface area (Å²) in [4.78, 5) is 23.6. The molecule has 0 radical (unpaired) electrons. The van der Waals surface area contributed by atoms with E-state index < -0.39 is 17.7 Å². The highest BCUT2D eigenvalue weighted by Gasteiger charge is 2.49. The molecule has 0 saturated carbocycles. The first-order valence-electron chi connectivity index (χ1n) is 7.14. The van der Waals surface area contributed by atoms with E-state index in [1.807, 2.05) is 0 Å². The van der Waals surface area contributed by atoms with Gasteiger partial charge in [0, 0.05) is 5.56 Å². The summed E-state index contributed by atoms with van der Waals surface area (Å²) in [7, 11) is 1.41. The molecule has 0 bridgehead atoms. The Morgan fingerprint density at radius 2 is 1.67 bits per heavy atom. The highest BCUT2D eigenvalue weighted by molar-refractivity contribution is 6.13. The smallest absolute Gasteiger partial charge is 0.404 e. The SMILES string of the molecule is COc1ccc(C(=O)C(F)(F)C(=O)OCc2ccccc2C)cc1. The van der Waals surface area contributed by atoms with E-state index in [-0.39, 0.29) is 12.2 Å². The molecule has 2 rings (SSSR count). The van der Waals surface area contributed by atoms with Gasteiger partial charge < -0.3 is 9.47 Å². The van der Waals surface area contributed by atoms with Crippen molar-refractivity contribution in [3.8, 4) is 5.75 Å². The van der Waals surface area contributed by atoms with E-state index in [1.165, 1.54) is 31.4 Å². The highest BCUT2D eigenvalue weighted by Crippen LogP contribution is 2.24. The molecule has 0 spiro atoms. The second kappa shape index (κ2) is 7.21. The predicted octanol–water partition coefficient (Wildman–Crippen LogP) is 3.57. The van der Waals surface area contributed by atoms with Crippen LogP contribution in [0.1, 0.15) is 21.5 Å². The molecule has 0 saturated heterocycles. The van der Waals surface area contributed by atoms with Crippen molar-refractivity contribution < 1.29 is 27.8 Å². The lowest BCUT2D eigenvalue weighted by atomic mass is 10.1. The van der Waals surface area contributed by atoms with Gasteiger partial charge in [-0.3, -0.25) is 4.79 Å². The van der Waals surface area contributed by atoms with Crippen LogP contribution in [0.5, 0.6) is 5.75 Å². The van der Waals surface area contributed by atoms with Crippen molar-refractivity contribution in [1.82, 2.24) is 0 Å². The Morgan fingerprint density at radius 1 is 1.04 bits per heavy atom. The molecule has 0 atom stereocenters. The summed E-state index contributed by atoms with van der Waals surface area (Å²) in [5.74, 6) is -7.32. The van der Waals surface area contributed by atoms with Crippen molar-refractivity contribution in [3.63, 3.8) is 0 Å². The van der Waals surface area contributed by atoms with E-state index in [1.54, 1.807) is 31.2 Å². The molecule has 0 heterocycles. The minimum Gasteiger partial charge on any atom is -0.497 e. The Hall–Kier alpha value is -2.76. The van der Waals surface area contributed by atoms with E-state index in [2.05, 4.69) is 4.74 Å². The highest BCUT2D eigenvalue weighted by atomic mass is 19.3. The average molecular weight is 334 g/mol. The van der Waals surface area contributed by atoms with Crippen LogP contribution in [0.15, 0.2) is 48.5 Å². The lowest BCUT2D eigenvalue weighted by molar-refractivity contribution is -0.166. The fourth-order valence-electron chi connectivity index (χ4n) is 2.02. The number of ketones is 1. The summed E-state index contributed by atoms with van der Waals surface area (Å²) in [6.45, 7) is 1.45. The van der Waals surface area contributed by atoms with E-state index in [0.29, 0.717) is 11.3 Å². The average Bonchev–Trinajstić information content (AvgIpc) is 2.60. The van der Waals surface area contributed by atoms with Gasteiger partial charge in [-0.2, -0.15) is 8.78 Å². The van der Waals surface area contributed by atoms with Gasteiger partial charge in [0.1, 0.15) is 12.4 Å². The van der Waals surface area contributed by atoms with Crippen LogP contribution < -0.4 is 4.74 Å². The second-order valence-corrected chi connectivity index (χ2v) is 5.13. The predicted molar refractivity (Wildman–Crippen MR) is 83.2 cm³/mol. The van der Waals surface area contributed by atoms with Crippen LogP contribution in [-0.2, 0) is 16.1 Å². The number of halogens is 2. The Bertz CT molecular complexity index is 739.